The molecule has 19 heavy (non-hydrogen) atoms. The van der Waals surface area contributed by atoms with Gasteiger partial charge in [-0.3, -0.25) is 10.1 Å². The summed E-state index contributed by atoms with van der Waals surface area (Å²) in [4.78, 5) is 10.4. The van der Waals surface area contributed by atoms with Crippen molar-refractivity contribution < 1.29 is 9.66 Å². The Labute approximate surface area is 116 Å². The third kappa shape index (κ3) is 4.02. The lowest BCUT2D eigenvalue weighted by Crippen LogP contribution is -2.20. The topological polar surface area (TPSA) is 64.4 Å². The Morgan fingerprint density at radius 3 is 2.95 bits per heavy atom. The molecule has 0 aromatic heterocycles. The molecule has 1 heterocycles. The van der Waals surface area contributed by atoms with E-state index in [0.29, 0.717) is 11.0 Å². The highest BCUT2D eigenvalue weighted by atomic mass is 32.2. The molecule has 1 aromatic rings. The molecule has 1 fully saturated rings. The van der Waals surface area contributed by atoms with Gasteiger partial charge in [0.15, 0.2) is 0 Å². The summed E-state index contributed by atoms with van der Waals surface area (Å²) in [5.41, 5.74) is 0.801. The number of anilines is 1. The maximum absolute atomic E-state index is 10.8. The Morgan fingerprint density at radius 1 is 1.47 bits per heavy atom. The van der Waals surface area contributed by atoms with E-state index in [2.05, 4.69) is 5.32 Å². The summed E-state index contributed by atoms with van der Waals surface area (Å²) in [6.07, 6.45) is 3.78. The molecule has 1 atom stereocenters. The first-order valence-electron chi connectivity index (χ1n) is 6.38. The quantitative estimate of drug-likeness (QED) is 0.663. The van der Waals surface area contributed by atoms with Crippen molar-refractivity contribution in [3.63, 3.8) is 0 Å². The molecule has 104 valence electrons. The zero-order valence-electron chi connectivity index (χ0n) is 10.9. The first-order valence-corrected chi connectivity index (χ1v) is 7.43. The van der Waals surface area contributed by atoms with Gasteiger partial charge >= 0.3 is 0 Å². The number of ether oxygens (including phenoxy) is 1. The van der Waals surface area contributed by atoms with Gasteiger partial charge < -0.3 is 10.1 Å². The number of benzene rings is 1. The van der Waals surface area contributed by atoms with Crippen LogP contribution in [0.1, 0.15) is 19.3 Å². The molecule has 0 spiro atoms. The number of non-ortho nitro benzene ring substituents is 1. The lowest BCUT2D eigenvalue weighted by atomic mass is 10.2. The Bertz CT molecular complexity index is 448. The van der Waals surface area contributed by atoms with E-state index in [9.17, 15) is 10.1 Å². The van der Waals surface area contributed by atoms with Crippen LogP contribution >= 0.6 is 11.8 Å². The number of rotatable bonds is 5. The summed E-state index contributed by atoms with van der Waals surface area (Å²) in [5, 5.41) is 14.7. The maximum atomic E-state index is 10.8. The summed E-state index contributed by atoms with van der Waals surface area (Å²) < 4.78 is 5.09. The highest BCUT2D eigenvalue weighted by Gasteiger charge is 2.15. The molecule has 0 saturated carbocycles. The standard InChI is InChI=1S/C13H18N2O3S/c1-18-12-7-10(6-11(8-12)15(16)17)14-9-13-4-2-3-5-19-13/h6-8,13-14H,2-5,9H2,1H3. The summed E-state index contributed by atoms with van der Waals surface area (Å²) in [6, 6.07) is 4.77. The predicted octanol–water partition coefficient (Wildman–Crippen LogP) is 3.30. The van der Waals surface area contributed by atoms with Crippen LogP contribution in [0.4, 0.5) is 11.4 Å². The van der Waals surface area contributed by atoms with Crippen molar-refractivity contribution in [1.29, 1.82) is 0 Å². The largest absolute Gasteiger partial charge is 0.496 e. The molecular formula is C13H18N2O3S. The lowest BCUT2D eigenvalue weighted by Gasteiger charge is -2.22. The Hall–Kier alpha value is -1.43. The minimum Gasteiger partial charge on any atom is -0.496 e. The van der Waals surface area contributed by atoms with E-state index in [1.165, 1.54) is 38.2 Å². The smallest absolute Gasteiger partial charge is 0.275 e. The first kappa shape index (κ1) is 14.0. The van der Waals surface area contributed by atoms with E-state index in [1.807, 2.05) is 11.8 Å². The fourth-order valence-electron chi connectivity index (χ4n) is 2.11. The van der Waals surface area contributed by atoms with Crippen LogP contribution in [0.25, 0.3) is 0 Å². The van der Waals surface area contributed by atoms with Crippen LogP contribution in [-0.2, 0) is 0 Å². The molecule has 6 heteroatoms. The third-order valence-electron chi connectivity index (χ3n) is 3.15. The zero-order chi connectivity index (χ0) is 13.7. The molecule has 1 N–H and O–H groups in total. The van der Waals surface area contributed by atoms with Crippen LogP contribution in [-0.4, -0.2) is 29.6 Å². The number of nitrogens with one attached hydrogen (secondary N) is 1. The zero-order valence-corrected chi connectivity index (χ0v) is 11.7. The van der Waals surface area contributed by atoms with Gasteiger partial charge in [-0.15, -0.1) is 0 Å². The normalized spacial score (nSPS) is 18.9. The van der Waals surface area contributed by atoms with Crippen molar-refractivity contribution in [3.8, 4) is 5.75 Å². The molecule has 1 saturated heterocycles. The van der Waals surface area contributed by atoms with E-state index >= 15 is 0 Å². The number of nitro groups is 1. The van der Waals surface area contributed by atoms with Crippen molar-refractivity contribution in [3.05, 3.63) is 28.3 Å². The highest BCUT2D eigenvalue weighted by molar-refractivity contribution is 7.99. The van der Waals surface area contributed by atoms with Crippen LogP contribution < -0.4 is 10.1 Å². The highest BCUT2D eigenvalue weighted by Crippen LogP contribution is 2.28. The minimum atomic E-state index is -0.400. The molecule has 2 rings (SSSR count). The van der Waals surface area contributed by atoms with Gasteiger partial charge in [-0.1, -0.05) is 6.42 Å². The Kier molecular flexibility index (Phi) is 4.90. The molecule has 1 aliphatic heterocycles. The van der Waals surface area contributed by atoms with E-state index < -0.39 is 4.92 Å². The first-order chi connectivity index (χ1) is 9.19. The average molecular weight is 282 g/mol. The summed E-state index contributed by atoms with van der Waals surface area (Å²) in [7, 11) is 1.51. The lowest BCUT2D eigenvalue weighted by molar-refractivity contribution is -0.384. The SMILES string of the molecule is COc1cc(NCC2CCCCS2)cc([N+](=O)[O-])c1. The second-order valence-electron chi connectivity index (χ2n) is 4.55. The average Bonchev–Trinajstić information content (AvgIpc) is 2.45. The van der Waals surface area contributed by atoms with Crippen molar-refractivity contribution in [2.75, 3.05) is 24.7 Å². The molecule has 0 radical (unpaired) electrons. The number of hydrogen-bond donors (Lipinski definition) is 1. The van der Waals surface area contributed by atoms with Gasteiger partial charge in [0.25, 0.3) is 5.69 Å². The molecule has 1 unspecified atom stereocenters. The number of methoxy groups -OCH3 is 1. The number of thioether (sulfide) groups is 1. The van der Waals surface area contributed by atoms with Crippen LogP contribution in [0.5, 0.6) is 5.75 Å². The van der Waals surface area contributed by atoms with Gasteiger partial charge in [0, 0.05) is 29.6 Å². The molecule has 5 nitrogen and oxygen atoms in total. The maximum Gasteiger partial charge on any atom is 0.275 e. The minimum absolute atomic E-state index is 0.0538. The fourth-order valence-corrected chi connectivity index (χ4v) is 3.35. The second-order valence-corrected chi connectivity index (χ2v) is 5.95. The number of hydrogen-bond acceptors (Lipinski definition) is 5. The summed E-state index contributed by atoms with van der Waals surface area (Å²) in [6.45, 7) is 0.842. The van der Waals surface area contributed by atoms with E-state index in [-0.39, 0.29) is 5.69 Å². The van der Waals surface area contributed by atoms with Gasteiger partial charge in [0.05, 0.1) is 18.1 Å². The second kappa shape index (κ2) is 6.65. The summed E-state index contributed by atoms with van der Waals surface area (Å²) >= 11 is 1.98. The van der Waals surface area contributed by atoms with Gasteiger partial charge in [0.2, 0.25) is 0 Å². The van der Waals surface area contributed by atoms with Crippen molar-refractivity contribution in [2.45, 2.75) is 24.5 Å². The number of nitrogens with zero attached hydrogens (tertiary/aromatic N) is 1. The van der Waals surface area contributed by atoms with Gasteiger partial charge in [-0.05, 0) is 18.6 Å². The molecular weight excluding hydrogens is 264 g/mol. The van der Waals surface area contributed by atoms with E-state index in [0.717, 1.165) is 12.2 Å². The molecule has 0 aliphatic carbocycles. The third-order valence-corrected chi connectivity index (χ3v) is 4.54. The Balaban J connectivity index is 2.02. The van der Waals surface area contributed by atoms with E-state index in [1.54, 1.807) is 12.1 Å². The number of nitro benzene ring substituents is 1. The Morgan fingerprint density at radius 2 is 2.32 bits per heavy atom. The van der Waals surface area contributed by atoms with Crippen LogP contribution in [0.2, 0.25) is 0 Å². The van der Waals surface area contributed by atoms with Crippen LogP contribution in [0.15, 0.2) is 18.2 Å². The van der Waals surface area contributed by atoms with E-state index in [4.69, 9.17) is 4.74 Å². The fraction of sp³-hybridized carbons (Fsp3) is 0.538. The van der Waals surface area contributed by atoms with Crippen molar-refractivity contribution in [2.24, 2.45) is 0 Å². The van der Waals surface area contributed by atoms with Gasteiger partial charge in [-0.25, -0.2) is 0 Å². The van der Waals surface area contributed by atoms with Crippen molar-refractivity contribution in [1.82, 2.24) is 0 Å². The molecule has 1 aliphatic rings. The summed E-state index contributed by atoms with van der Waals surface area (Å²) in [5.74, 6) is 1.72. The van der Waals surface area contributed by atoms with Crippen LogP contribution in [0.3, 0.4) is 0 Å². The molecule has 1 aromatic carbocycles. The van der Waals surface area contributed by atoms with Gasteiger partial charge in [-0.2, -0.15) is 11.8 Å². The van der Waals surface area contributed by atoms with Crippen molar-refractivity contribution >= 4 is 23.1 Å². The molecule has 0 amide bonds. The predicted molar refractivity (Wildman–Crippen MR) is 78.2 cm³/mol. The van der Waals surface area contributed by atoms with Crippen LogP contribution in [0, 0.1) is 10.1 Å². The molecule has 0 bridgehead atoms. The monoisotopic (exact) mass is 282 g/mol. The van der Waals surface area contributed by atoms with Gasteiger partial charge in [0.1, 0.15) is 5.75 Å².